The molecule has 0 spiro atoms. The van der Waals surface area contributed by atoms with Crippen molar-refractivity contribution in [3.63, 3.8) is 0 Å². The fourth-order valence-corrected chi connectivity index (χ4v) is 7.11. The number of aromatic amines is 1. The summed E-state index contributed by atoms with van der Waals surface area (Å²) in [6.07, 6.45) is 4.20. The molecule has 2 fully saturated rings. The predicted octanol–water partition coefficient (Wildman–Crippen LogP) is 5.96. The summed E-state index contributed by atoms with van der Waals surface area (Å²) in [5.74, 6) is -0.612. The second-order valence-electron chi connectivity index (χ2n) is 14.4. The van der Waals surface area contributed by atoms with Crippen LogP contribution in [0.4, 0.5) is 15.3 Å². The number of nitrogens with zero attached hydrogens (tertiary/aromatic N) is 2. The van der Waals surface area contributed by atoms with Gasteiger partial charge in [0.15, 0.2) is 0 Å². The third-order valence-corrected chi connectivity index (χ3v) is 10.1. The van der Waals surface area contributed by atoms with E-state index in [1.165, 1.54) is 14.2 Å². The molecule has 58 heavy (non-hydrogen) atoms. The van der Waals surface area contributed by atoms with E-state index in [1.54, 1.807) is 11.1 Å². The molecular weight excluding hydrogens is 839 g/mol. The highest BCUT2D eigenvalue weighted by molar-refractivity contribution is 7.60. The first-order chi connectivity index (χ1) is 25.4. The van der Waals surface area contributed by atoms with Crippen LogP contribution in [0.25, 0.3) is 22.4 Å². The molecule has 2 heterocycles. The number of benzene rings is 2. The lowest BCUT2D eigenvalue weighted by Gasteiger charge is -2.30. The first-order valence-electron chi connectivity index (χ1n) is 18.3. The fraction of sp³-hybridized carbons (Fsp3) is 0.487. The summed E-state index contributed by atoms with van der Waals surface area (Å²) in [7, 11) is 2.53. The van der Waals surface area contributed by atoms with Gasteiger partial charge in [0.1, 0.15) is 17.9 Å². The molecular formula is C39H61N7O7S5. The average molecular weight is 900 g/mol. The lowest BCUT2D eigenvalue weighted by atomic mass is 9.99. The number of imidazole rings is 1. The van der Waals surface area contributed by atoms with Crippen LogP contribution in [0.5, 0.6) is 0 Å². The fourth-order valence-electron chi connectivity index (χ4n) is 7.11. The van der Waals surface area contributed by atoms with Crippen LogP contribution in [0.2, 0.25) is 0 Å². The van der Waals surface area contributed by atoms with Gasteiger partial charge in [-0.1, -0.05) is 70.5 Å². The van der Waals surface area contributed by atoms with Gasteiger partial charge in [0.2, 0.25) is 17.7 Å². The summed E-state index contributed by atoms with van der Waals surface area (Å²) in [6.45, 7) is 8.03. The Hall–Kier alpha value is -3.65. The van der Waals surface area contributed by atoms with Crippen molar-refractivity contribution in [2.24, 2.45) is 17.8 Å². The second-order valence-corrected chi connectivity index (χ2v) is 14.4. The molecule has 3 aromatic rings. The molecule has 14 nitrogen and oxygen atoms in total. The molecule has 1 saturated heterocycles. The van der Waals surface area contributed by atoms with E-state index in [4.69, 9.17) is 4.74 Å². The topological polar surface area (TPSA) is 184 Å². The van der Waals surface area contributed by atoms with Crippen LogP contribution in [0.15, 0.2) is 54.7 Å². The van der Waals surface area contributed by atoms with E-state index in [0.29, 0.717) is 30.9 Å². The van der Waals surface area contributed by atoms with Crippen LogP contribution in [-0.4, -0.2) is 83.7 Å². The smallest absolute Gasteiger partial charge is 0.407 e. The zero-order valence-electron chi connectivity index (χ0n) is 33.7. The highest BCUT2D eigenvalue weighted by Gasteiger charge is 2.38. The van der Waals surface area contributed by atoms with Crippen LogP contribution in [0, 0.1) is 17.8 Å². The molecule has 1 aliphatic carbocycles. The number of carbonyl (C=O) groups excluding carboxylic acids is 5. The minimum absolute atomic E-state index is 0. The lowest BCUT2D eigenvalue weighted by Crippen LogP contribution is -2.53. The average Bonchev–Trinajstić information content (AvgIpc) is 3.94. The van der Waals surface area contributed by atoms with Gasteiger partial charge in [-0.15, -0.1) is 0 Å². The van der Waals surface area contributed by atoms with Crippen LogP contribution >= 0.6 is 67.5 Å². The van der Waals surface area contributed by atoms with Gasteiger partial charge < -0.3 is 40.6 Å². The van der Waals surface area contributed by atoms with E-state index >= 15 is 0 Å². The maximum Gasteiger partial charge on any atom is 0.407 e. The highest BCUT2D eigenvalue weighted by Crippen LogP contribution is 2.33. The Bertz CT molecular complexity index is 1780. The molecule has 2 aliphatic rings. The van der Waals surface area contributed by atoms with E-state index in [1.807, 2.05) is 76.2 Å². The van der Waals surface area contributed by atoms with Crippen LogP contribution in [0.1, 0.15) is 71.7 Å². The molecule has 5 rings (SSSR count). The van der Waals surface area contributed by atoms with Crippen molar-refractivity contribution in [2.45, 2.75) is 84.0 Å². The van der Waals surface area contributed by atoms with Gasteiger partial charge in [-0.2, -0.15) is 67.5 Å². The number of ether oxygens (including phenoxy) is 2. The maximum atomic E-state index is 13.5. The molecule has 0 radical (unpaired) electrons. The Labute approximate surface area is 376 Å². The number of nitrogens with one attached hydrogen (secondary N) is 5. The molecule has 5 N–H and O–H groups in total. The summed E-state index contributed by atoms with van der Waals surface area (Å²) in [5.41, 5.74) is 4.40. The monoisotopic (exact) mass is 899 g/mol. The summed E-state index contributed by atoms with van der Waals surface area (Å²) < 4.78 is 9.40. The number of amides is 5. The standard InChI is InChI=1S/C39H51N7O7.5H2S/c1-22(2)32(44-38(50)52-5)36(48)43-29-10-7-9-28(29)35(47)41-27-18-16-25(17-19-27)24-12-14-26(15-13-24)30-21-40-34(42-30)31-11-8-20-46(31)37(49)33(23(3)4)45-39(51)53-6;;;;;/h12-19,21-23,28-29,31-33H,7-11,20H2,1-6H3,(H,40,42)(H,41,47)(H,43,48)(H,44,50)(H,45,51);5*1H2/t28-,29-,31-,32-,33-;;;;;/m0...../s1. The number of likely N-dealkylation sites (tertiary alicyclic amines) is 1. The van der Waals surface area contributed by atoms with Crippen molar-refractivity contribution in [2.75, 3.05) is 26.1 Å². The molecule has 2 aromatic carbocycles. The number of carbonyl (C=O) groups is 5. The summed E-state index contributed by atoms with van der Waals surface area (Å²) in [6, 6.07) is 13.6. The molecule has 0 unspecified atom stereocenters. The molecule has 1 aromatic heterocycles. The van der Waals surface area contributed by atoms with Crippen LogP contribution < -0.4 is 21.3 Å². The van der Waals surface area contributed by atoms with Crippen LogP contribution in [0.3, 0.4) is 0 Å². The largest absolute Gasteiger partial charge is 0.453 e. The number of hydrogen-bond donors (Lipinski definition) is 5. The van der Waals surface area contributed by atoms with E-state index in [0.717, 1.165) is 41.6 Å². The molecule has 5 amide bonds. The number of rotatable bonds is 12. The minimum Gasteiger partial charge on any atom is -0.453 e. The normalized spacial score (nSPS) is 17.7. The summed E-state index contributed by atoms with van der Waals surface area (Å²) >= 11 is 0. The van der Waals surface area contributed by atoms with Gasteiger partial charge in [-0.3, -0.25) is 14.4 Å². The first-order valence-corrected chi connectivity index (χ1v) is 18.3. The number of hydrogen-bond acceptors (Lipinski definition) is 8. The van der Waals surface area contributed by atoms with Crippen molar-refractivity contribution >= 4 is 103 Å². The van der Waals surface area contributed by atoms with Gasteiger partial charge in [0, 0.05) is 18.3 Å². The lowest BCUT2D eigenvalue weighted by molar-refractivity contribution is -0.135. The number of aromatic nitrogens is 2. The molecule has 1 saturated carbocycles. The minimum atomic E-state index is -0.771. The summed E-state index contributed by atoms with van der Waals surface area (Å²) in [5, 5.41) is 11.2. The number of methoxy groups -OCH3 is 2. The Morgan fingerprint density at radius 1 is 0.724 bits per heavy atom. The van der Waals surface area contributed by atoms with Gasteiger partial charge in [0.25, 0.3) is 0 Å². The Morgan fingerprint density at radius 2 is 1.26 bits per heavy atom. The summed E-state index contributed by atoms with van der Waals surface area (Å²) in [4.78, 5) is 73.3. The van der Waals surface area contributed by atoms with Crippen molar-refractivity contribution < 1.29 is 33.4 Å². The van der Waals surface area contributed by atoms with Crippen molar-refractivity contribution in [3.8, 4) is 22.4 Å². The highest BCUT2D eigenvalue weighted by atomic mass is 32.1. The van der Waals surface area contributed by atoms with Crippen molar-refractivity contribution in [1.82, 2.24) is 30.8 Å². The van der Waals surface area contributed by atoms with Gasteiger partial charge in [0.05, 0.1) is 38.1 Å². The zero-order chi connectivity index (χ0) is 38.2. The Balaban J connectivity index is 0.00000650. The molecule has 0 bridgehead atoms. The molecule has 1 aliphatic heterocycles. The van der Waals surface area contributed by atoms with Gasteiger partial charge in [-0.25, -0.2) is 14.6 Å². The quantitative estimate of drug-likeness (QED) is 0.148. The maximum absolute atomic E-state index is 13.5. The van der Waals surface area contributed by atoms with Gasteiger partial charge in [-0.05, 0) is 66.3 Å². The number of anilines is 1. The second kappa shape index (κ2) is 25.1. The van der Waals surface area contributed by atoms with E-state index in [9.17, 15) is 24.0 Å². The third-order valence-electron chi connectivity index (χ3n) is 10.1. The molecule has 19 heteroatoms. The van der Waals surface area contributed by atoms with E-state index < -0.39 is 30.2 Å². The Kier molecular flexibility index (Phi) is 23.5. The van der Waals surface area contributed by atoms with Crippen molar-refractivity contribution in [3.05, 3.63) is 60.6 Å². The van der Waals surface area contributed by atoms with Crippen molar-refractivity contribution in [1.29, 1.82) is 0 Å². The number of H-pyrrole nitrogens is 1. The van der Waals surface area contributed by atoms with E-state index in [2.05, 4.69) is 36.0 Å². The van der Waals surface area contributed by atoms with E-state index in [-0.39, 0.29) is 109 Å². The van der Waals surface area contributed by atoms with Crippen LogP contribution in [-0.2, 0) is 23.9 Å². The Morgan fingerprint density at radius 3 is 1.81 bits per heavy atom. The zero-order valence-corrected chi connectivity index (χ0v) is 38.7. The third kappa shape index (κ3) is 13.4. The molecule has 5 atom stereocenters. The SMILES string of the molecule is COC(=O)N[C@H](C(=O)N[C@H]1CCC[C@@H]1C(=O)Nc1ccc(-c2ccc(-c3cnc([C@@H]4CCCN4C(=O)[C@@H](NC(=O)OC)C(C)C)[nH]3)cc2)cc1)C(C)C.S.S.S.S.S. The number of alkyl carbamates (subject to hydrolysis) is 2. The first kappa shape index (κ1) is 54.3. The predicted molar refractivity (Wildman–Crippen MR) is 251 cm³/mol. The van der Waals surface area contributed by atoms with Gasteiger partial charge >= 0.3 is 12.2 Å². The molecule has 324 valence electrons.